The summed E-state index contributed by atoms with van der Waals surface area (Å²) in [6.07, 6.45) is 2.68. The molecule has 0 aliphatic carbocycles. The van der Waals surface area contributed by atoms with Gasteiger partial charge in [-0.3, -0.25) is 0 Å². The maximum absolute atomic E-state index is 5.33. The molecule has 0 amide bonds. The van der Waals surface area contributed by atoms with Crippen LogP contribution in [0.1, 0.15) is 28.7 Å². The van der Waals surface area contributed by atoms with Crippen LogP contribution in [0.25, 0.3) is 11.3 Å². The molecule has 4 rings (SSSR count). The fourth-order valence-electron chi connectivity index (χ4n) is 3.64. The van der Waals surface area contributed by atoms with Crippen molar-refractivity contribution in [3.05, 3.63) is 156 Å². The summed E-state index contributed by atoms with van der Waals surface area (Å²) in [6.45, 7) is 4.01. The Morgan fingerprint density at radius 3 is 1.35 bits per heavy atom. The number of rotatable bonds is 7. The summed E-state index contributed by atoms with van der Waals surface area (Å²) >= 11 is 0. The molecule has 0 saturated carbocycles. The summed E-state index contributed by atoms with van der Waals surface area (Å²) in [5.74, 6) is 0. The van der Waals surface area contributed by atoms with Gasteiger partial charge in [-0.25, -0.2) is 4.99 Å². The first-order valence-corrected chi connectivity index (χ1v) is 10.5. The van der Waals surface area contributed by atoms with Crippen molar-refractivity contribution >= 4 is 17.0 Å². The minimum Gasteiger partial charge on any atom is -0.247 e. The lowest BCUT2D eigenvalue weighted by molar-refractivity contribution is 1.36. The van der Waals surface area contributed by atoms with Gasteiger partial charge in [0.1, 0.15) is 0 Å². The predicted octanol–water partition coefficient (Wildman–Crippen LogP) is 7.67. The Balaban J connectivity index is 2.02. The van der Waals surface area contributed by atoms with Gasteiger partial charge in [0.05, 0.1) is 11.4 Å². The monoisotopic (exact) mass is 399 g/mol. The molecule has 4 aromatic carbocycles. The lowest BCUT2D eigenvalue weighted by Crippen LogP contribution is -2.04. The van der Waals surface area contributed by atoms with Crippen LogP contribution in [0.4, 0.5) is 0 Å². The van der Waals surface area contributed by atoms with Gasteiger partial charge < -0.3 is 0 Å². The zero-order valence-corrected chi connectivity index (χ0v) is 17.5. The Bertz CT molecular complexity index is 1130. The topological polar surface area (TPSA) is 12.4 Å². The van der Waals surface area contributed by atoms with E-state index in [9.17, 15) is 0 Å². The van der Waals surface area contributed by atoms with Crippen molar-refractivity contribution in [2.24, 2.45) is 4.99 Å². The van der Waals surface area contributed by atoms with Gasteiger partial charge in [-0.15, -0.1) is 6.58 Å². The van der Waals surface area contributed by atoms with Gasteiger partial charge in [0.25, 0.3) is 0 Å². The van der Waals surface area contributed by atoms with Gasteiger partial charge in [-0.1, -0.05) is 127 Å². The van der Waals surface area contributed by atoms with Crippen molar-refractivity contribution in [3.8, 4) is 0 Å². The predicted molar refractivity (Wildman–Crippen MR) is 133 cm³/mol. The fourth-order valence-corrected chi connectivity index (χ4v) is 3.64. The molecule has 0 spiro atoms. The highest BCUT2D eigenvalue weighted by Crippen LogP contribution is 2.31. The Hall–Kier alpha value is -3.97. The molecule has 31 heavy (non-hydrogen) atoms. The fraction of sp³-hybridized carbons (Fsp3) is 0.0333. The average Bonchev–Trinajstić information content (AvgIpc) is 2.86. The first kappa shape index (κ1) is 20.3. The summed E-state index contributed by atoms with van der Waals surface area (Å²) in [4.78, 5) is 5.33. The van der Waals surface area contributed by atoms with Crippen LogP contribution in [-0.2, 0) is 0 Å². The van der Waals surface area contributed by atoms with Crippen molar-refractivity contribution in [1.82, 2.24) is 0 Å². The summed E-state index contributed by atoms with van der Waals surface area (Å²) in [5, 5.41) is 0. The van der Waals surface area contributed by atoms with Gasteiger partial charge >= 0.3 is 0 Å². The Kier molecular flexibility index (Phi) is 6.67. The number of aliphatic imine (C=N–C) groups is 1. The van der Waals surface area contributed by atoms with Crippen LogP contribution in [0.5, 0.6) is 0 Å². The summed E-state index contributed by atoms with van der Waals surface area (Å²) in [7, 11) is 0. The molecule has 0 bridgehead atoms. The highest BCUT2D eigenvalue weighted by atomic mass is 14.8. The molecule has 0 aliphatic heterocycles. The molecule has 0 fully saturated rings. The molecule has 0 unspecified atom stereocenters. The molecular formula is C30H25N. The smallest absolute Gasteiger partial charge is 0.0781 e. The molecule has 1 nitrogen and oxygen atoms in total. The van der Waals surface area contributed by atoms with E-state index in [0.717, 1.165) is 45.7 Å². The standard InChI is InChI=1S/C30H25N/c1-2-15-28(24-16-7-3-8-17-24)30(27-22-13-6-14-23-27)31-29(25-18-9-4-10-19-25)26-20-11-5-12-21-26/h2-14,16-23H,1,15H2/b30-28-. The third-order valence-electron chi connectivity index (χ3n) is 5.12. The molecular weight excluding hydrogens is 374 g/mol. The van der Waals surface area contributed by atoms with Crippen LogP contribution >= 0.6 is 0 Å². The van der Waals surface area contributed by atoms with E-state index >= 15 is 0 Å². The van der Waals surface area contributed by atoms with Crippen LogP contribution in [0.3, 0.4) is 0 Å². The van der Waals surface area contributed by atoms with E-state index in [4.69, 9.17) is 4.99 Å². The van der Waals surface area contributed by atoms with Crippen LogP contribution in [0.15, 0.2) is 139 Å². The molecule has 0 aliphatic rings. The molecule has 150 valence electrons. The Morgan fingerprint density at radius 1 is 0.548 bits per heavy atom. The van der Waals surface area contributed by atoms with Crippen molar-refractivity contribution in [2.45, 2.75) is 6.42 Å². The lowest BCUT2D eigenvalue weighted by atomic mass is 9.96. The Morgan fingerprint density at radius 2 is 0.935 bits per heavy atom. The summed E-state index contributed by atoms with van der Waals surface area (Å²) < 4.78 is 0. The van der Waals surface area contributed by atoms with E-state index in [1.54, 1.807) is 0 Å². The molecule has 4 aromatic rings. The second-order valence-electron chi connectivity index (χ2n) is 7.24. The zero-order chi connectivity index (χ0) is 21.3. The number of hydrogen-bond acceptors (Lipinski definition) is 1. The normalized spacial score (nSPS) is 11.4. The van der Waals surface area contributed by atoms with Gasteiger partial charge in [0.2, 0.25) is 0 Å². The van der Waals surface area contributed by atoms with Crippen molar-refractivity contribution in [3.63, 3.8) is 0 Å². The first-order chi connectivity index (χ1) is 15.4. The van der Waals surface area contributed by atoms with Crippen LogP contribution in [0.2, 0.25) is 0 Å². The quantitative estimate of drug-likeness (QED) is 0.172. The number of hydrogen-bond donors (Lipinski definition) is 0. The lowest BCUT2D eigenvalue weighted by Gasteiger charge is -2.15. The largest absolute Gasteiger partial charge is 0.247 e. The zero-order valence-electron chi connectivity index (χ0n) is 17.5. The van der Waals surface area contributed by atoms with E-state index < -0.39 is 0 Å². The molecule has 0 heterocycles. The summed E-state index contributed by atoms with van der Waals surface area (Å²) in [5.41, 5.74) is 7.51. The Labute approximate surface area is 184 Å². The maximum Gasteiger partial charge on any atom is 0.0781 e. The molecule has 0 saturated heterocycles. The van der Waals surface area contributed by atoms with Crippen molar-refractivity contribution in [2.75, 3.05) is 0 Å². The van der Waals surface area contributed by atoms with Crippen LogP contribution in [-0.4, -0.2) is 5.71 Å². The van der Waals surface area contributed by atoms with Crippen molar-refractivity contribution < 1.29 is 0 Å². The minimum atomic E-state index is 0.731. The number of allylic oxidation sites excluding steroid dienone is 2. The molecule has 1 heteroatoms. The molecule has 0 aromatic heterocycles. The molecule has 0 N–H and O–H groups in total. The highest BCUT2D eigenvalue weighted by molar-refractivity contribution is 6.15. The number of benzene rings is 4. The molecule has 0 radical (unpaired) electrons. The van der Waals surface area contributed by atoms with Crippen LogP contribution in [0, 0.1) is 0 Å². The van der Waals surface area contributed by atoms with Gasteiger partial charge in [0, 0.05) is 16.7 Å². The molecule has 0 atom stereocenters. The van der Waals surface area contributed by atoms with E-state index in [-0.39, 0.29) is 0 Å². The second-order valence-corrected chi connectivity index (χ2v) is 7.24. The third kappa shape index (κ3) is 4.96. The van der Waals surface area contributed by atoms with Gasteiger partial charge in [-0.2, -0.15) is 0 Å². The minimum absolute atomic E-state index is 0.731. The van der Waals surface area contributed by atoms with Crippen LogP contribution < -0.4 is 0 Å². The van der Waals surface area contributed by atoms with E-state index in [1.165, 1.54) is 0 Å². The van der Waals surface area contributed by atoms with E-state index in [2.05, 4.69) is 104 Å². The average molecular weight is 400 g/mol. The first-order valence-electron chi connectivity index (χ1n) is 10.5. The second kappa shape index (κ2) is 10.2. The SMILES string of the molecule is C=CC/C(=C(/N=C(c1ccccc1)c1ccccc1)c1ccccc1)c1ccccc1. The van der Waals surface area contributed by atoms with Gasteiger partial charge in [-0.05, 0) is 17.6 Å². The van der Waals surface area contributed by atoms with E-state index in [0.29, 0.717) is 0 Å². The maximum atomic E-state index is 5.33. The number of nitrogens with zero attached hydrogens (tertiary/aromatic N) is 1. The van der Waals surface area contributed by atoms with E-state index in [1.807, 2.05) is 30.3 Å². The third-order valence-corrected chi connectivity index (χ3v) is 5.12. The van der Waals surface area contributed by atoms with Crippen molar-refractivity contribution in [1.29, 1.82) is 0 Å². The van der Waals surface area contributed by atoms with Gasteiger partial charge in [0.15, 0.2) is 0 Å². The highest BCUT2D eigenvalue weighted by Gasteiger charge is 2.14. The summed E-state index contributed by atoms with van der Waals surface area (Å²) in [6, 6.07) is 41.6.